The monoisotopic (exact) mass is 408 g/mol. The molecule has 142 valence electrons. The first kappa shape index (κ1) is 19.3. The van der Waals surface area contributed by atoms with Crippen molar-refractivity contribution in [3.05, 3.63) is 59.4 Å². The summed E-state index contributed by atoms with van der Waals surface area (Å²) in [5, 5.41) is 0.324. The lowest BCUT2D eigenvalue weighted by Crippen LogP contribution is -2.43. The molecular formula is C18H17ClN2O5S. The Bertz CT molecular complexity index is 949. The van der Waals surface area contributed by atoms with E-state index in [2.05, 4.69) is 4.98 Å². The summed E-state index contributed by atoms with van der Waals surface area (Å²) in [6, 6.07) is 11.1. The van der Waals surface area contributed by atoms with E-state index in [9.17, 15) is 18.0 Å². The fourth-order valence-electron chi connectivity index (χ4n) is 2.91. The number of esters is 1. The van der Waals surface area contributed by atoms with E-state index in [0.717, 1.165) is 0 Å². The standard InChI is InChI=1S/C18H17ClN2O5S/c19-13-6-8-20-16(10-13)18(23)26-11-17(22)21(14-4-2-1-3-5-14)15-7-9-27(24,25)12-15/h1-6,8,10,15H,7,9,11-12H2/t15-/m1/s1. The van der Waals surface area contributed by atoms with Crippen LogP contribution in [-0.4, -0.2) is 49.4 Å². The van der Waals surface area contributed by atoms with Crippen molar-refractivity contribution in [2.75, 3.05) is 23.0 Å². The number of benzene rings is 1. The third-order valence-electron chi connectivity index (χ3n) is 4.13. The summed E-state index contributed by atoms with van der Waals surface area (Å²) >= 11 is 5.82. The molecule has 0 radical (unpaired) electrons. The van der Waals surface area contributed by atoms with Crippen molar-refractivity contribution in [3.63, 3.8) is 0 Å². The van der Waals surface area contributed by atoms with Crippen molar-refractivity contribution >= 4 is 39.0 Å². The van der Waals surface area contributed by atoms with Gasteiger partial charge < -0.3 is 9.64 Å². The molecule has 0 spiro atoms. The minimum absolute atomic E-state index is 0.00925. The van der Waals surface area contributed by atoms with Crippen LogP contribution in [0.15, 0.2) is 48.7 Å². The third-order valence-corrected chi connectivity index (χ3v) is 6.12. The van der Waals surface area contributed by atoms with Crippen LogP contribution < -0.4 is 4.90 Å². The molecule has 1 aromatic heterocycles. The van der Waals surface area contributed by atoms with E-state index in [0.29, 0.717) is 17.1 Å². The summed E-state index contributed by atoms with van der Waals surface area (Å²) in [6.07, 6.45) is 1.70. The zero-order chi connectivity index (χ0) is 19.4. The number of rotatable bonds is 5. The number of amides is 1. The van der Waals surface area contributed by atoms with Crippen molar-refractivity contribution in [2.24, 2.45) is 0 Å². The molecule has 0 N–H and O–H groups in total. The molecule has 1 fully saturated rings. The summed E-state index contributed by atoms with van der Waals surface area (Å²) in [5.74, 6) is -1.37. The summed E-state index contributed by atoms with van der Waals surface area (Å²) < 4.78 is 28.7. The third kappa shape index (κ3) is 4.84. The van der Waals surface area contributed by atoms with Crippen LogP contribution in [0.5, 0.6) is 0 Å². The molecule has 1 aliphatic heterocycles. The average Bonchev–Trinajstić information content (AvgIpc) is 3.00. The highest BCUT2D eigenvalue weighted by Crippen LogP contribution is 2.24. The topological polar surface area (TPSA) is 93.6 Å². The first-order chi connectivity index (χ1) is 12.9. The predicted octanol–water partition coefficient (Wildman–Crippen LogP) is 2.11. The summed E-state index contributed by atoms with van der Waals surface area (Å²) in [5.41, 5.74) is 0.548. The van der Waals surface area contributed by atoms with Gasteiger partial charge in [0.15, 0.2) is 16.4 Å². The van der Waals surface area contributed by atoms with Crippen LogP contribution >= 0.6 is 11.6 Å². The minimum Gasteiger partial charge on any atom is -0.451 e. The van der Waals surface area contributed by atoms with Crippen LogP contribution in [0.4, 0.5) is 5.69 Å². The molecule has 7 nitrogen and oxygen atoms in total. The molecule has 0 unspecified atom stereocenters. The Labute approximate surface area is 161 Å². The van der Waals surface area contributed by atoms with Crippen molar-refractivity contribution in [2.45, 2.75) is 12.5 Å². The minimum atomic E-state index is -3.19. The molecule has 27 heavy (non-hydrogen) atoms. The number of aromatic nitrogens is 1. The summed E-state index contributed by atoms with van der Waals surface area (Å²) in [7, 11) is -3.19. The van der Waals surface area contributed by atoms with Crippen LogP contribution in [0.2, 0.25) is 5.02 Å². The second-order valence-electron chi connectivity index (χ2n) is 6.09. The first-order valence-electron chi connectivity index (χ1n) is 8.22. The number of anilines is 1. The molecular weight excluding hydrogens is 392 g/mol. The van der Waals surface area contributed by atoms with E-state index in [-0.39, 0.29) is 17.2 Å². The largest absolute Gasteiger partial charge is 0.451 e. The SMILES string of the molecule is O=C(OCC(=O)N(c1ccccc1)[C@@H]1CCS(=O)(=O)C1)c1cc(Cl)ccn1. The first-order valence-corrected chi connectivity index (χ1v) is 10.4. The smallest absolute Gasteiger partial charge is 0.357 e. The molecule has 2 aromatic rings. The van der Waals surface area contributed by atoms with E-state index in [1.165, 1.54) is 23.2 Å². The number of hydrogen-bond donors (Lipinski definition) is 0. The maximum atomic E-state index is 12.8. The van der Waals surface area contributed by atoms with Gasteiger partial charge in [0.1, 0.15) is 5.69 Å². The quantitative estimate of drug-likeness (QED) is 0.703. The van der Waals surface area contributed by atoms with Gasteiger partial charge in [-0.25, -0.2) is 18.2 Å². The molecule has 0 aliphatic carbocycles. The van der Waals surface area contributed by atoms with Crippen molar-refractivity contribution in [1.82, 2.24) is 4.98 Å². The molecule has 3 rings (SSSR count). The van der Waals surface area contributed by atoms with Gasteiger partial charge in [-0.15, -0.1) is 0 Å². The van der Waals surface area contributed by atoms with Gasteiger partial charge in [0.2, 0.25) is 0 Å². The normalized spacial score (nSPS) is 18.0. The number of ether oxygens (including phenoxy) is 1. The Balaban J connectivity index is 1.74. The van der Waals surface area contributed by atoms with E-state index >= 15 is 0 Å². The highest BCUT2D eigenvalue weighted by atomic mass is 35.5. The zero-order valence-corrected chi connectivity index (χ0v) is 15.8. The van der Waals surface area contributed by atoms with Crippen molar-refractivity contribution in [1.29, 1.82) is 0 Å². The van der Waals surface area contributed by atoms with E-state index in [1.807, 2.05) is 0 Å². The number of carbonyl (C=O) groups is 2. The fraction of sp³-hybridized carbons (Fsp3) is 0.278. The highest BCUT2D eigenvalue weighted by molar-refractivity contribution is 7.91. The number of halogens is 1. The summed E-state index contributed by atoms with van der Waals surface area (Å²) in [6.45, 7) is -0.529. The second-order valence-corrected chi connectivity index (χ2v) is 8.76. The predicted molar refractivity (Wildman–Crippen MR) is 101 cm³/mol. The lowest BCUT2D eigenvalue weighted by Gasteiger charge is -2.28. The van der Waals surface area contributed by atoms with Crippen LogP contribution in [0.25, 0.3) is 0 Å². The van der Waals surface area contributed by atoms with Gasteiger partial charge in [-0.2, -0.15) is 0 Å². The Morgan fingerprint density at radius 2 is 1.96 bits per heavy atom. The zero-order valence-electron chi connectivity index (χ0n) is 14.2. The van der Waals surface area contributed by atoms with Crippen molar-refractivity contribution < 1.29 is 22.7 Å². The lowest BCUT2D eigenvalue weighted by atomic mass is 10.2. The van der Waals surface area contributed by atoms with Crippen LogP contribution in [-0.2, 0) is 19.4 Å². The number of para-hydroxylation sites is 1. The molecule has 1 saturated heterocycles. The molecule has 1 atom stereocenters. The molecule has 0 saturated carbocycles. The fourth-order valence-corrected chi connectivity index (χ4v) is 4.77. The Hall–Kier alpha value is -2.45. The number of hydrogen-bond acceptors (Lipinski definition) is 6. The van der Waals surface area contributed by atoms with Gasteiger partial charge in [-0.1, -0.05) is 29.8 Å². The van der Waals surface area contributed by atoms with E-state index < -0.39 is 34.4 Å². The van der Waals surface area contributed by atoms with Crippen molar-refractivity contribution in [3.8, 4) is 0 Å². The van der Waals surface area contributed by atoms with Gasteiger partial charge in [0.05, 0.1) is 17.5 Å². The maximum Gasteiger partial charge on any atom is 0.357 e. The molecule has 1 aliphatic rings. The van der Waals surface area contributed by atoms with Crippen LogP contribution in [0.3, 0.4) is 0 Å². The van der Waals surface area contributed by atoms with Gasteiger partial charge in [-0.05, 0) is 30.7 Å². The highest BCUT2D eigenvalue weighted by Gasteiger charge is 2.35. The summed E-state index contributed by atoms with van der Waals surface area (Å²) in [4.78, 5) is 30.1. The number of nitrogens with zero attached hydrogens (tertiary/aromatic N) is 2. The van der Waals surface area contributed by atoms with Gasteiger partial charge >= 0.3 is 5.97 Å². The Kier molecular flexibility index (Phi) is 5.76. The number of pyridine rings is 1. The lowest BCUT2D eigenvalue weighted by molar-refractivity contribution is -0.122. The Morgan fingerprint density at radius 1 is 1.22 bits per heavy atom. The molecule has 1 amide bonds. The molecule has 2 heterocycles. The number of carbonyl (C=O) groups excluding carboxylic acids is 2. The molecule has 9 heteroatoms. The van der Waals surface area contributed by atoms with Gasteiger partial charge in [0, 0.05) is 16.9 Å². The number of sulfone groups is 1. The Morgan fingerprint density at radius 3 is 2.59 bits per heavy atom. The van der Waals surface area contributed by atoms with Crippen LogP contribution in [0.1, 0.15) is 16.9 Å². The maximum absolute atomic E-state index is 12.8. The van der Waals surface area contributed by atoms with Gasteiger partial charge in [0.25, 0.3) is 5.91 Å². The van der Waals surface area contributed by atoms with Crippen LogP contribution in [0, 0.1) is 0 Å². The molecule has 1 aromatic carbocycles. The average molecular weight is 409 g/mol. The van der Waals surface area contributed by atoms with E-state index in [4.69, 9.17) is 16.3 Å². The van der Waals surface area contributed by atoms with E-state index in [1.54, 1.807) is 30.3 Å². The molecule has 0 bridgehead atoms. The van der Waals surface area contributed by atoms with Gasteiger partial charge in [-0.3, -0.25) is 4.79 Å². The second kappa shape index (κ2) is 8.06.